The van der Waals surface area contributed by atoms with Crippen molar-refractivity contribution in [2.75, 3.05) is 31.1 Å². The smallest absolute Gasteiger partial charge is 0.244 e. The summed E-state index contributed by atoms with van der Waals surface area (Å²) in [7, 11) is 0. The third-order valence-electron chi connectivity index (χ3n) is 8.59. The van der Waals surface area contributed by atoms with Crippen molar-refractivity contribution >= 4 is 28.8 Å². The normalized spacial score (nSPS) is 20.0. The molecule has 8 heteroatoms. The van der Waals surface area contributed by atoms with Gasteiger partial charge < -0.3 is 25.8 Å². The van der Waals surface area contributed by atoms with Gasteiger partial charge in [0.2, 0.25) is 17.8 Å². The van der Waals surface area contributed by atoms with Gasteiger partial charge in [-0.1, -0.05) is 79.6 Å². The Morgan fingerprint density at radius 3 is 2.39 bits per heavy atom. The summed E-state index contributed by atoms with van der Waals surface area (Å²) in [6.07, 6.45) is 3.84. The molecule has 1 aromatic heterocycles. The van der Waals surface area contributed by atoms with E-state index in [9.17, 15) is 9.59 Å². The van der Waals surface area contributed by atoms with Gasteiger partial charge in [0.25, 0.3) is 0 Å². The number of piperazine rings is 1. The molecule has 1 saturated heterocycles. The van der Waals surface area contributed by atoms with Gasteiger partial charge in [0.1, 0.15) is 6.04 Å². The van der Waals surface area contributed by atoms with E-state index in [2.05, 4.69) is 62.6 Å². The minimum Gasteiger partial charge on any atom is -0.368 e. The number of hydrogen-bond donors (Lipinski definition) is 3. The molecule has 2 amide bonds. The fraction of sp³-hybridized carbons (Fsp3) is 0.364. The molecule has 4 N–H and O–H groups in total. The molecule has 1 aliphatic heterocycles. The maximum absolute atomic E-state index is 13.5. The van der Waals surface area contributed by atoms with E-state index in [0.717, 1.165) is 75.4 Å². The van der Waals surface area contributed by atoms with Crippen LogP contribution in [0, 0.1) is 5.92 Å². The first-order valence-corrected chi connectivity index (χ1v) is 14.7. The van der Waals surface area contributed by atoms with Crippen LogP contribution in [0.1, 0.15) is 54.3 Å². The molecule has 0 spiro atoms. The maximum atomic E-state index is 13.5. The molecule has 2 heterocycles. The van der Waals surface area contributed by atoms with Crippen LogP contribution in [0.5, 0.6) is 0 Å². The average Bonchev–Trinajstić information content (AvgIpc) is 3.39. The fourth-order valence-corrected chi connectivity index (χ4v) is 6.43. The van der Waals surface area contributed by atoms with Crippen LogP contribution < -0.4 is 21.3 Å². The highest BCUT2D eigenvalue weighted by atomic mass is 16.2. The van der Waals surface area contributed by atoms with Gasteiger partial charge in [0.15, 0.2) is 0 Å². The van der Waals surface area contributed by atoms with Crippen LogP contribution in [0.3, 0.4) is 0 Å². The third kappa shape index (κ3) is 5.84. The lowest BCUT2D eigenvalue weighted by molar-refractivity contribution is -0.131. The molecule has 6 rings (SSSR count). The molecule has 1 saturated carbocycles. The van der Waals surface area contributed by atoms with Gasteiger partial charge in [0, 0.05) is 32.1 Å². The number of aromatic nitrogens is 2. The number of primary amides is 1. The van der Waals surface area contributed by atoms with Crippen molar-refractivity contribution in [3.05, 3.63) is 95.6 Å². The fourth-order valence-electron chi connectivity index (χ4n) is 6.43. The highest BCUT2D eigenvalue weighted by Crippen LogP contribution is 2.38. The highest BCUT2D eigenvalue weighted by molar-refractivity contribution is 5.89. The number of para-hydroxylation sites is 2. The predicted octanol–water partition coefficient (Wildman–Crippen LogP) is 4.11. The zero-order valence-electron chi connectivity index (χ0n) is 23.3. The summed E-state index contributed by atoms with van der Waals surface area (Å²) in [5.74, 6) is 0.276. The SMILES string of the molecule is NC(=O)[C@@H](NC(=O)[C@@H]1CCCCC1c1ccc(Cn2c(N3CCNCC3)nc3ccccc32)cc1)c1ccccc1. The first-order valence-electron chi connectivity index (χ1n) is 14.7. The van der Waals surface area contributed by atoms with Gasteiger partial charge in [-0.3, -0.25) is 9.59 Å². The number of nitrogens with two attached hydrogens (primary N) is 1. The number of imidazole rings is 1. The summed E-state index contributed by atoms with van der Waals surface area (Å²) >= 11 is 0. The lowest BCUT2D eigenvalue weighted by Gasteiger charge is -2.32. The Bertz CT molecular complexity index is 1490. The predicted molar refractivity (Wildman–Crippen MR) is 162 cm³/mol. The standard InChI is InChI=1S/C33H38N6O2/c34-31(40)30(25-8-2-1-3-9-25)37-32(41)27-11-5-4-10-26(27)24-16-14-23(15-17-24)22-39-29-13-7-6-12-28(29)36-33(39)38-20-18-35-19-21-38/h1-3,6-9,12-17,26-27,30,35H,4-5,10-11,18-22H2,(H2,34,40)(H,37,41)/t26?,27-,30+/m1/s1. The van der Waals surface area contributed by atoms with Crippen LogP contribution >= 0.6 is 0 Å². The Kier molecular flexibility index (Phi) is 8.00. The Morgan fingerprint density at radius 1 is 0.927 bits per heavy atom. The number of nitrogens with one attached hydrogen (secondary N) is 2. The van der Waals surface area contributed by atoms with Crippen molar-refractivity contribution < 1.29 is 9.59 Å². The second kappa shape index (κ2) is 12.1. The number of anilines is 1. The largest absolute Gasteiger partial charge is 0.368 e. The Morgan fingerprint density at radius 2 is 1.63 bits per heavy atom. The van der Waals surface area contributed by atoms with E-state index in [0.29, 0.717) is 5.56 Å². The van der Waals surface area contributed by atoms with E-state index in [1.807, 2.05) is 36.4 Å². The number of rotatable bonds is 8. The molecular formula is C33H38N6O2. The molecule has 0 radical (unpaired) electrons. The van der Waals surface area contributed by atoms with Crippen LogP contribution in [0.4, 0.5) is 5.95 Å². The zero-order valence-corrected chi connectivity index (χ0v) is 23.3. The first-order chi connectivity index (χ1) is 20.1. The van der Waals surface area contributed by atoms with E-state index < -0.39 is 11.9 Å². The quantitative estimate of drug-likeness (QED) is 0.306. The number of fused-ring (bicyclic) bond motifs is 1. The highest BCUT2D eigenvalue weighted by Gasteiger charge is 2.34. The van der Waals surface area contributed by atoms with E-state index in [-0.39, 0.29) is 17.7 Å². The summed E-state index contributed by atoms with van der Waals surface area (Å²) in [5.41, 5.74) is 10.9. The molecule has 41 heavy (non-hydrogen) atoms. The van der Waals surface area contributed by atoms with Crippen LogP contribution in [0.25, 0.3) is 11.0 Å². The van der Waals surface area contributed by atoms with Gasteiger partial charge >= 0.3 is 0 Å². The average molecular weight is 551 g/mol. The van der Waals surface area contributed by atoms with Crippen molar-refractivity contribution in [3.8, 4) is 0 Å². The summed E-state index contributed by atoms with van der Waals surface area (Å²) in [5, 5.41) is 6.40. The second-order valence-corrected chi connectivity index (χ2v) is 11.2. The molecular weight excluding hydrogens is 512 g/mol. The molecule has 1 unspecified atom stereocenters. The number of hydrogen-bond acceptors (Lipinski definition) is 5. The van der Waals surface area contributed by atoms with Gasteiger partial charge in [-0.15, -0.1) is 0 Å². The molecule has 3 atom stereocenters. The third-order valence-corrected chi connectivity index (χ3v) is 8.59. The van der Waals surface area contributed by atoms with Crippen molar-refractivity contribution in [1.29, 1.82) is 0 Å². The minimum atomic E-state index is -0.830. The van der Waals surface area contributed by atoms with Gasteiger partial charge in [-0.05, 0) is 47.6 Å². The molecule has 3 aromatic carbocycles. The minimum absolute atomic E-state index is 0.100. The Labute approximate surface area is 240 Å². The molecule has 212 valence electrons. The van der Waals surface area contributed by atoms with Crippen molar-refractivity contribution in [2.45, 2.75) is 44.2 Å². The number of carbonyl (C=O) groups excluding carboxylic acids is 2. The van der Waals surface area contributed by atoms with Crippen molar-refractivity contribution in [3.63, 3.8) is 0 Å². The van der Waals surface area contributed by atoms with Crippen LogP contribution in [-0.2, 0) is 16.1 Å². The van der Waals surface area contributed by atoms with E-state index in [4.69, 9.17) is 10.7 Å². The summed E-state index contributed by atoms with van der Waals surface area (Å²) in [6, 6.07) is 25.5. The zero-order chi connectivity index (χ0) is 28.2. The van der Waals surface area contributed by atoms with Crippen LogP contribution in [-0.4, -0.2) is 47.5 Å². The Hall–Kier alpha value is -4.17. The van der Waals surface area contributed by atoms with E-state index >= 15 is 0 Å². The first kappa shape index (κ1) is 27.0. The molecule has 0 bridgehead atoms. The summed E-state index contributed by atoms with van der Waals surface area (Å²) < 4.78 is 2.32. The number of nitrogens with zero attached hydrogens (tertiary/aromatic N) is 3. The molecule has 2 fully saturated rings. The number of amides is 2. The van der Waals surface area contributed by atoms with Gasteiger partial charge in [-0.25, -0.2) is 4.98 Å². The van der Waals surface area contributed by atoms with Gasteiger partial charge in [0.05, 0.1) is 17.6 Å². The van der Waals surface area contributed by atoms with E-state index in [1.54, 1.807) is 0 Å². The lowest BCUT2D eigenvalue weighted by Crippen LogP contribution is -2.44. The van der Waals surface area contributed by atoms with Crippen LogP contribution in [0.15, 0.2) is 78.9 Å². The molecule has 4 aromatic rings. The lowest BCUT2D eigenvalue weighted by atomic mass is 9.74. The molecule has 8 nitrogen and oxygen atoms in total. The summed E-state index contributed by atoms with van der Waals surface area (Å²) in [6.45, 7) is 4.52. The van der Waals surface area contributed by atoms with E-state index in [1.165, 1.54) is 11.1 Å². The number of benzene rings is 3. The van der Waals surface area contributed by atoms with Crippen molar-refractivity contribution in [2.24, 2.45) is 11.7 Å². The number of carbonyl (C=O) groups is 2. The van der Waals surface area contributed by atoms with Gasteiger partial charge in [-0.2, -0.15) is 0 Å². The molecule has 2 aliphatic rings. The topological polar surface area (TPSA) is 105 Å². The monoisotopic (exact) mass is 550 g/mol. The molecule has 1 aliphatic carbocycles. The Balaban J connectivity index is 1.21. The second-order valence-electron chi connectivity index (χ2n) is 11.2. The van der Waals surface area contributed by atoms with Crippen LogP contribution in [0.2, 0.25) is 0 Å². The van der Waals surface area contributed by atoms with Crippen molar-refractivity contribution in [1.82, 2.24) is 20.2 Å². The summed E-state index contributed by atoms with van der Waals surface area (Å²) in [4.78, 5) is 33.1. The maximum Gasteiger partial charge on any atom is 0.244 e.